The number of ether oxygens (including phenoxy) is 1. The van der Waals surface area contributed by atoms with Gasteiger partial charge in [0.1, 0.15) is 11.6 Å². The molecule has 0 saturated heterocycles. The molecule has 0 radical (unpaired) electrons. The molecular formula is C13H14ClN3O. The van der Waals surface area contributed by atoms with Crippen LogP contribution in [0.2, 0.25) is 5.02 Å². The van der Waals surface area contributed by atoms with Crippen molar-refractivity contribution in [2.75, 3.05) is 6.61 Å². The molecule has 18 heavy (non-hydrogen) atoms. The molecule has 4 N–H and O–H groups in total. The van der Waals surface area contributed by atoms with Crippen LogP contribution in [0.4, 0.5) is 0 Å². The van der Waals surface area contributed by atoms with Crippen molar-refractivity contribution in [2.45, 2.75) is 6.42 Å². The van der Waals surface area contributed by atoms with Crippen LogP contribution in [0.1, 0.15) is 11.1 Å². The molecule has 0 spiro atoms. The van der Waals surface area contributed by atoms with E-state index in [9.17, 15) is 0 Å². The topological polar surface area (TPSA) is 73.6 Å². The number of fused-ring (bicyclic) bond motifs is 1. The minimum absolute atomic E-state index is 0.233. The van der Waals surface area contributed by atoms with E-state index in [4.69, 9.17) is 27.8 Å². The van der Waals surface area contributed by atoms with Crippen LogP contribution >= 0.6 is 11.6 Å². The van der Waals surface area contributed by atoms with Crippen molar-refractivity contribution in [1.82, 2.24) is 0 Å². The molecule has 1 aliphatic rings. The van der Waals surface area contributed by atoms with Gasteiger partial charge >= 0.3 is 0 Å². The van der Waals surface area contributed by atoms with Crippen LogP contribution in [0.15, 0.2) is 35.7 Å². The fourth-order valence-corrected chi connectivity index (χ4v) is 1.99. The van der Waals surface area contributed by atoms with E-state index in [1.54, 1.807) is 12.3 Å². The lowest BCUT2D eigenvalue weighted by atomic mass is 10.0. The Bertz CT molecular complexity index is 549. The van der Waals surface area contributed by atoms with Crippen LogP contribution in [0.3, 0.4) is 0 Å². The van der Waals surface area contributed by atoms with E-state index >= 15 is 0 Å². The van der Waals surface area contributed by atoms with E-state index in [-0.39, 0.29) is 5.82 Å². The number of hydrogen-bond donors (Lipinski definition) is 2. The smallest absolute Gasteiger partial charge is 0.138 e. The maximum Gasteiger partial charge on any atom is 0.138 e. The van der Waals surface area contributed by atoms with E-state index in [1.165, 1.54) is 6.20 Å². The summed E-state index contributed by atoms with van der Waals surface area (Å²) in [5.41, 5.74) is 13.3. The number of hydrogen-bond acceptors (Lipinski definition) is 4. The summed E-state index contributed by atoms with van der Waals surface area (Å²) in [6.45, 7) is 4.61. The van der Waals surface area contributed by atoms with Gasteiger partial charge in [-0.25, -0.2) is 4.99 Å². The predicted octanol–water partition coefficient (Wildman–Crippen LogP) is 2.08. The number of aliphatic imine (C=N–C) groups is 1. The largest absolute Gasteiger partial charge is 0.493 e. The molecule has 0 aliphatic carbocycles. The van der Waals surface area contributed by atoms with Gasteiger partial charge in [0.15, 0.2) is 0 Å². The standard InChI is InChI=1S/C13H14ClN3O/c1-8(7-17-13(16)6-15)10-4-9-2-3-18-12(9)5-11(10)14/h4-7H,1-3,15-16H2/b13-6-,17-7?. The number of nitrogens with zero attached hydrogens (tertiary/aromatic N) is 1. The molecule has 0 atom stereocenters. The Kier molecular flexibility index (Phi) is 3.58. The average Bonchev–Trinajstić information content (AvgIpc) is 2.81. The van der Waals surface area contributed by atoms with Crippen molar-refractivity contribution in [2.24, 2.45) is 16.5 Å². The summed E-state index contributed by atoms with van der Waals surface area (Å²) < 4.78 is 5.44. The molecular weight excluding hydrogens is 250 g/mol. The summed E-state index contributed by atoms with van der Waals surface area (Å²) in [5.74, 6) is 1.08. The molecule has 0 bridgehead atoms. The maximum atomic E-state index is 6.18. The monoisotopic (exact) mass is 263 g/mol. The lowest BCUT2D eigenvalue weighted by molar-refractivity contribution is 0.357. The molecule has 1 aliphatic heterocycles. The van der Waals surface area contributed by atoms with E-state index < -0.39 is 0 Å². The second-order valence-electron chi connectivity index (χ2n) is 3.91. The number of rotatable bonds is 3. The summed E-state index contributed by atoms with van der Waals surface area (Å²) >= 11 is 6.18. The minimum atomic E-state index is 0.233. The Morgan fingerprint density at radius 2 is 2.28 bits per heavy atom. The Balaban J connectivity index is 2.29. The summed E-state index contributed by atoms with van der Waals surface area (Å²) in [6, 6.07) is 3.78. The Morgan fingerprint density at radius 1 is 1.50 bits per heavy atom. The van der Waals surface area contributed by atoms with Crippen LogP contribution in [0.25, 0.3) is 5.57 Å². The van der Waals surface area contributed by atoms with Crippen molar-refractivity contribution in [3.05, 3.63) is 46.9 Å². The molecule has 0 unspecified atom stereocenters. The van der Waals surface area contributed by atoms with Gasteiger partial charge in [-0.3, -0.25) is 0 Å². The van der Waals surface area contributed by atoms with Gasteiger partial charge in [-0.05, 0) is 23.3 Å². The minimum Gasteiger partial charge on any atom is -0.493 e. The summed E-state index contributed by atoms with van der Waals surface area (Å²) in [5, 5.41) is 0.586. The van der Waals surface area contributed by atoms with E-state index in [2.05, 4.69) is 11.6 Å². The first kappa shape index (κ1) is 12.5. The quantitative estimate of drug-likeness (QED) is 0.820. The van der Waals surface area contributed by atoms with Crippen LogP contribution < -0.4 is 16.2 Å². The SMILES string of the molecule is C=C(C=N/C(N)=C\N)c1cc2c(cc1Cl)OCC2. The van der Waals surface area contributed by atoms with Crippen molar-refractivity contribution < 1.29 is 4.74 Å². The van der Waals surface area contributed by atoms with E-state index in [1.807, 2.05) is 6.07 Å². The fraction of sp³-hybridized carbons (Fsp3) is 0.154. The van der Waals surface area contributed by atoms with Crippen LogP contribution in [-0.2, 0) is 6.42 Å². The highest BCUT2D eigenvalue weighted by atomic mass is 35.5. The van der Waals surface area contributed by atoms with Crippen molar-refractivity contribution in [3.8, 4) is 5.75 Å². The van der Waals surface area contributed by atoms with Gasteiger partial charge in [0.05, 0.1) is 11.6 Å². The number of halogens is 1. The lowest BCUT2D eigenvalue weighted by Gasteiger charge is -2.06. The van der Waals surface area contributed by atoms with Crippen LogP contribution in [-0.4, -0.2) is 12.8 Å². The van der Waals surface area contributed by atoms with Gasteiger partial charge < -0.3 is 16.2 Å². The number of benzene rings is 1. The molecule has 1 aromatic rings. The second kappa shape index (κ2) is 5.14. The van der Waals surface area contributed by atoms with Gasteiger partial charge in [0.25, 0.3) is 0 Å². The Hall–Kier alpha value is -1.94. The van der Waals surface area contributed by atoms with Gasteiger partial charge in [0, 0.05) is 24.4 Å². The maximum absolute atomic E-state index is 6.18. The zero-order valence-electron chi connectivity index (χ0n) is 9.82. The number of nitrogens with two attached hydrogens (primary N) is 2. The molecule has 0 fully saturated rings. The summed E-state index contributed by atoms with van der Waals surface area (Å²) in [7, 11) is 0. The predicted molar refractivity (Wildman–Crippen MR) is 74.6 cm³/mol. The second-order valence-corrected chi connectivity index (χ2v) is 4.32. The fourth-order valence-electron chi connectivity index (χ4n) is 1.71. The highest BCUT2D eigenvalue weighted by Crippen LogP contribution is 2.33. The first-order chi connectivity index (χ1) is 8.61. The van der Waals surface area contributed by atoms with Crippen LogP contribution in [0, 0.1) is 0 Å². The lowest BCUT2D eigenvalue weighted by Crippen LogP contribution is -1.98. The molecule has 94 valence electrons. The highest BCUT2D eigenvalue weighted by molar-refractivity contribution is 6.34. The third kappa shape index (κ3) is 2.49. The molecule has 1 heterocycles. The van der Waals surface area contributed by atoms with Gasteiger partial charge in [0.2, 0.25) is 0 Å². The molecule has 0 amide bonds. The molecule has 0 saturated carbocycles. The molecule has 4 nitrogen and oxygen atoms in total. The molecule has 2 rings (SSSR count). The van der Waals surface area contributed by atoms with E-state index in [0.29, 0.717) is 17.2 Å². The third-order valence-electron chi connectivity index (χ3n) is 2.67. The summed E-state index contributed by atoms with van der Waals surface area (Å²) in [4.78, 5) is 3.95. The number of allylic oxidation sites excluding steroid dienone is 1. The molecule has 5 heteroatoms. The van der Waals surface area contributed by atoms with Crippen molar-refractivity contribution in [3.63, 3.8) is 0 Å². The molecule has 1 aromatic carbocycles. The average molecular weight is 264 g/mol. The summed E-state index contributed by atoms with van der Waals surface area (Å²) in [6.07, 6.45) is 3.65. The molecule has 0 aromatic heterocycles. The van der Waals surface area contributed by atoms with Gasteiger partial charge in [-0.15, -0.1) is 0 Å². The first-order valence-corrected chi connectivity index (χ1v) is 5.85. The first-order valence-electron chi connectivity index (χ1n) is 5.47. The Labute approximate surface area is 111 Å². The van der Waals surface area contributed by atoms with Gasteiger partial charge in [-0.2, -0.15) is 0 Å². The zero-order valence-corrected chi connectivity index (χ0v) is 10.6. The van der Waals surface area contributed by atoms with E-state index in [0.717, 1.165) is 23.3 Å². The third-order valence-corrected chi connectivity index (χ3v) is 2.98. The van der Waals surface area contributed by atoms with Crippen molar-refractivity contribution >= 4 is 23.4 Å². The van der Waals surface area contributed by atoms with Crippen LogP contribution in [0.5, 0.6) is 5.75 Å². The Morgan fingerprint density at radius 3 is 3.00 bits per heavy atom. The highest BCUT2D eigenvalue weighted by Gasteiger charge is 2.15. The zero-order chi connectivity index (χ0) is 13.1. The normalized spacial score (nSPS) is 14.6. The van der Waals surface area contributed by atoms with Crippen molar-refractivity contribution in [1.29, 1.82) is 0 Å². The van der Waals surface area contributed by atoms with Gasteiger partial charge in [-0.1, -0.05) is 18.2 Å².